The summed E-state index contributed by atoms with van der Waals surface area (Å²) in [5.74, 6) is 0.602. The lowest BCUT2D eigenvalue weighted by Gasteiger charge is -2.13. The van der Waals surface area contributed by atoms with Gasteiger partial charge in [0.15, 0.2) is 0 Å². The summed E-state index contributed by atoms with van der Waals surface area (Å²) in [5.41, 5.74) is 7.84. The molecule has 0 radical (unpaired) electrons. The van der Waals surface area contributed by atoms with E-state index >= 15 is 0 Å². The van der Waals surface area contributed by atoms with E-state index in [9.17, 15) is 4.79 Å². The van der Waals surface area contributed by atoms with Crippen LogP contribution in [0.4, 0.5) is 0 Å². The number of hydrogen-bond donors (Lipinski definition) is 2. The Balaban J connectivity index is 1.74. The third kappa shape index (κ3) is 4.61. The minimum atomic E-state index is -0.648. The molecule has 4 nitrogen and oxygen atoms in total. The number of carbonyl (C=O) groups excluding carboxylic acids is 1. The third-order valence-corrected chi connectivity index (χ3v) is 3.10. The van der Waals surface area contributed by atoms with E-state index in [0.717, 1.165) is 16.9 Å². The highest BCUT2D eigenvalue weighted by molar-refractivity contribution is 5.82. The van der Waals surface area contributed by atoms with Gasteiger partial charge in [0, 0.05) is 0 Å². The van der Waals surface area contributed by atoms with Crippen LogP contribution in [-0.2, 0) is 4.79 Å². The van der Waals surface area contributed by atoms with Crippen molar-refractivity contribution < 1.29 is 9.53 Å². The standard InChI is InChI=1S/C17H20N2O2/c1-13-6-5-9-15(12-13)21-11-10-19-17(20)16(18)14-7-3-2-4-8-14/h2-9,12,16H,10-11,18H2,1H3,(H,19,20). The first-order valence-corrected chi connectivity index (χ1v) is 6.94. The van der Waals surface area contributed by atoms with Crippen LogP contribution in [0.25, 0.3) is 0 Å². The van der Waals surface area contributed by atoms with Gasteiger partial charge >= 0.3 is 0 Å². The number of carbonyl (C=O) groups is 1. The van der Waals surface area contributed by atoms with E-state index in [4.69, 9.17) is 10.5 Å². The molecule has 0 aliphatic carbocycles. The normalized spacial score (nSPS) is 11.7. The van der Waals surface area contributed by atoms with Crippen LogP contribution in [0.5, 0.6) is 5.75 Å². The number of nitrogens with two attached hydrogens (primary N) is 1. The SMILES string of the molecule is Cc1cccc(OCCNC(=O)C(N)c2ccccc2)c1. The van der Waals surface area contributed by atoms with Gasteiger partial charge < -0.3 is 15.8 Å². The second-order valence-electron chi connectivity index (χ2n) is 4.84. The number of aryl methyl sites for hydroxylation is 1. The van der Waals surface area contributed by atoms with Gasteiger partial charge in [-0.05, 0) is 30.2 Å². The third-order valence-electron chi connectivity index (χ3n) is 3.10. The Morgan fingerprint density at radius 1 is 1.19 bits per heavy atom. The maximum absolute atomic E-state index is 11.9. The second kappa shape index (κ2) is 7.45. The molecule has 2 aromatic rings. The average Bonchev–Trinajstić information content (AvgIpc) is 2.51. The van der Waals surface area contributed by atoms with Crippen molar-refractivity contribution in [2.45, 2.75) is 13.0 Å². The summed E-state index contributed by atoms with van der Waals surface area (Å²) in [6.45, 7) is 2.84. The summed E-state index contributed by atoms with van der Waals surface area (Å²) in [5, 5.41) is 2.78. The molecular weight excluding hydrogens is 264 g/mol. The first kappa shape index (κ1) is 15.1. The Labute approximate surface area is 124 Å². The summed E-state index contributed by atoms with van der Waals surface area (Å²) < 4.78 is 5.57. The van der Waals surface area contributed by atoms with Crippen molar-refractivity contribution in [3.8, 4) is 5.75 Å². The van der Waals surface area contributed by atoms with E-state index in [2.05, 4.69) is 5.32 Å². The fraction of sp³-hybridized carbons (Fsp3) is 0.235. The summed E-state index contributed by atoms with van der Waals surface area (Å²) >= 11 is 0. The molecule has 0 aromatic heterocycles. The predicted octanol–water partition coefficient (Wildman–Crippen LogP) is 2.19. The fourth-order valence-electron chi connectivity index (χ4n) is 1.97. The van der Waals surface area contributed by atoms with Crippen LogP contribution in [0.2, 0.25) is 0 Å². The topological polar surface area (TPSA) is 64.3 Å². The number of benzene rings is 2. The Morgan fingerprint density at radius 3 is 2.67 bits per heavy atom. The molecule has 0 fully saturated rings. The number of ether oxygens (including phenoxy) is 1. The van der Waals surface area contributed by atoms with Gasteiger partial charge in [0.1, 0.15) is 18.4 Å². The lowest BCUT2D eigenvalue weighted by Crippen LogP contribution is -2.36. The summed E-state index contributed by atoms with van der Waals surface area (Å²) in [6.07, 6.45) is 0. The van der Waals surface area contributed by atoms with Crippen molar-refractivity contribution in [1.29, 1.82) is 0 Å². The molecule has 110 valence electrons. The van der Waals surface area contributed by atoms with Crippen LogP contribution < -0.4 is 15.8 Å². The zero-order valence-corrected chi connectivity index (χ0v) is 12.1. The van der Waals surface area contributed by atoms with Crippen molar-refractivity contribution >= 4 is 5.91 Å². The summed E-state index contributed by atoms with van der Waals surface area (Å²) in [4.78, 5) is 11.9. The molecule has 2 rings (SSSR count). The van der Waals surface area contributed by atoms with Crippen LogP contribution >= 0.6 is 0 Å². The summed E-state index contributed by atoms with van der Waals surface area (Å²) in [7, 11) is 0. The second-order valence-corrected chi connectivity index (χ2v) is 4.84. The van der Waals surface area contributed by atoms with Crippen LogP contribution in [0.1, 0.15) is 17.2 Å². The van der Waals surface area contributed by atoms with Gasteiger partial charge in [-0.25, -0.2) is 0 Å². The van der Waals surface area contributed by atoms with Gasteiger partial charge in [-0.1, -0.05) is 42.5 Å². The highest BCUT2D eigenvalue weighted by atomic mass is 16.5. The Bertz CT molecular complexity index is 584. The molecule has 0 aliphatic rings. The highest BCUT2D eigenvalue weighted by Gasteiger charge is 2.14. The minimum Gasteiger partial charge on any atom is -0.492 e. The number of amides is 1. The Morgan fingerprint density at radius 2 is 1.95 bits per heavy atom. The van der Waals surface area contributed by atoms with E-state index in [1.54, 1.807) is 0 Å². The van der Waals surface area contributed by atoms with Gasteiger partial charge in [-0.2, -0.15) is 0 Å². The molecule has 1 amide bonds. The van der Waals surface area contributed by atoms with Crippen molar-refractivity contribution in [2.75, 3.05) is 13.2 Å². The largest absolute Gasteiger partial charge is 0.492 e. The van der Waals surface area contributed by atoms with Gasteiger partial charge in [0.2, 0.25) is 5.91 Å². The van der Waals surface area contributed by atoms with E-state index in [-0.39, 0.29) is 5.91 Å². The number of rotatable bonds is 6. The van der Waals surface area contributed by atoms with E-state index in [1.807, 2.05) is 61.5 Å². The molecule has 0 aliphatic heterocycles. The van der Waals surface area contributed by atoms with Gasteiger partial charge in [0.25, 0.3) is 0 Å². The number of hydrogen-bond acceptors (Lipinski definition) is 3. The quantitative estimate of drug-likeness (QED) is 0.799. The fourth-order valence-corrected chi connectivity index (χ4v) is 1.97. The molecule has 1 unspecified atom stereocenters. The van der Waals surface area contributed by atoms with E-state index in [0.29, 0.717) is 13.2 Å². The molecule has 0 saturated carbocycles. The maximum atomic E-state index is 11.9. The average molecular weight is 284 g/mol. The van der Waals surface area contributed by atoms with Gasteiger partial charge in [-0.15, -0.1) is 0 Å². The van der Waals surface area contributed by atoms with Crippen LogP contribution in [-0.4, -0.2) is 19.1 Å². The first-order chi connectivity index (χ1) is 10.2. The first-order valence-electron chi connectivity index (χ1n) is 6.94. The zero-order valence-electron chi connectivity index (χ0n) is 12.1. The van der Waals surface area contributed by atoms with Crippen LogP contribution in [0.3, 0.4) is 0 Å². The zero-order chi connectivity index (χ0) is 15.1. The van der Waals surface area contributed by atoms with Crippen molar-refractivity contribution in [3.63, 3.8) is 0 Å². The van der Waals surface area contributed by atoms with Crippen molar-refractivity contribution in [2.24, 2.45) is 5.73 Å². The van der Waals surface area contributed by atoms with E-state index < -0.39 is 6.04 Å². The molecule has 3 N–H and O–H groups in total. The molecule has 0 spiro atoms. The lowest BCUT2D eigenvalue weighted by molar-refractivity contribution is -0.122. The Kier molecular flexibility index (Phi) is 5.35. The molecule has 0 bridgehead atoms. The minimum absolute atomic E-state index is 0.200. The lowest BCUT2D eigenvalue weighted by atomic mass is 10.1. The van der Waals surface area contributed by atoms with Gasteiger partial charge in [0.05, 0.1) is 6.54 Å². The van der Waals surface area contributed by atoms with Crippen LogP contribution in [0, 0.1) is 6.92 Å². The van der Waals surface area contributed by atoms with Crippen molar-refractivity contribution in [1.82, 2.24) is 5.32 Å². The Hall–Kier alpha value is -2.33. The van der Waals surface area contributed by atoms with Crippen LogP contribution in [0.15, 0.2) is 54.6 Å². The molecule has 0 saturated heterocycles. The smallest absolute Gasteiger partial charge is 0.241 e. The number of nitrogens with one attached hydrogen (secondary N) is 1. The molecule has 1 atom stereocenters. The van der Waals surface area contributed by atoms with E-state index in [1.165, 1.54) is 0 Å². The highest BCUT2D eigenvalue weighted by Crippen LogP contribution is 2.12. The summed E-state index contributed by atoms with van der Waals surface area (Å²) in [6, 6.07) is 16.5. The van der Waals surface area contributed by atoms with Gasteiger partial charge in [-0.3, -0.25) is 4.79 Å². The van der Waals surface area contributed by atoms with Crippen molar-refractivity contribution in [3.05, 3.63) is 65.7 Å². The monoisotopic (exact) mass is 284 g/mol. The molecule has 2 aromatic carbocycles. The molecule has 21 heavy (non-hydrogen) atoms. The molecule has 0 heterocycles. The molecule has 4 heteroatoms. The molecular formula is C17H20N2O2. The maximum Gasteiger partial charge on any atom is 0.241 e. The predicted molar refractivity (Wildman–Crippen MR) is 83.1 cm³/mol.